The van der Waals surface area contributed by atoms with Crippen LogP contribution in [0.5, 0.6) is 5.75 Å². The fraction of sp³-hybridized carbons (Fsp3) is 0.154. The predicted octanol–water partition coefficient (Wildman–Crippen LogP) is 4.06. The second-order valence-corrected chi connectivity index (χ2v) is 5.22. The fourth-order valence-electron chi connectivity index (χ4n) is 1.96. The highest BCUT2D eigenvalue weighted by Crippen LogP contribution is 2.40. The summed E-state index contributed by atoms with van der Waals surface area (Å²) in [4.78, 5) is 4.31. The average Bonchev–Trinajstić information content (AvgIpc) is 2.49. The van der Waals surface area contributed by atoms with E-state index in [-0.39, 0.29) is 5.38 Å². The molecule has 17 heavy (non-hydrogen) atoms. The van der Waals surface area contributed by atoms with Crippen LogP contribution in [-0.2, 0) is 6.61 Å². The first-order chi connectivity index (χ1) is 8.25. The lowest BCUT2D eigenvalue weighted by Gasteiger charge is -2.11. The van der Waals surface area contributed by atoms with Gasteiger partial charge in [-0.05, 0) is 29.8 Å². The Hall–Kier alpha value is -1.06. The zero-order chi connectivity index (χ0) is 11.8. The van der Waals surface area contributed by atoms with E-state index in [0.717, 1.165) is 27.0 Å². The van der Waals surface area contributed by atoms with E-state index in [2.05, 4.69) is 20.9 Å². The predicted molar refractivity (Wildman–Crippen MR) is 70.4 cm³/mol. The minimum Gasteiger partial charge on any atom is -0.487 e. The third kappa shape index (κ3) is 1.94. The summed E-state index contributed by atoms with van der Waals surface area (Å²) in [6.45, 7) is 0.466. The summed E-state index contributed by atoms with van der Waals surface area (Å²) in [5.74, 6) is 0.825. The van der Waals surface area contributed by atoms with Crippen LogP contribution in [0.3, 0.4) is 0 Å². The highest BCUT2D eigenvalue weighted by Gasteiger charge is 2.23. The first-order valence-electron chi connectivity index (χ1n) is 5.26. The molecule has 86 valence electrons. The highest BCUT2D eigenvalue weighted by atomic mass is 79.9. The Morgan fingerprint density at radius 3 is 3.06 bits per heavy atom. The van der Waals surface area contributed by atoms with Crippen molar-refractivity contribution in [2.75, 3.05) is 0 Å². The number of benzene rings is 1. The molecule has 0 fully saturated rings. The van der Waals surface area contributed by atoms with Gasteiger partial charge in [-0.15, -0.1) is 11.6 Å². The van der Waals surface area contributed by atoms with Crippen molar-refractivity contribution in [1.29, 1.82) is 0 Å². The quantitative estimate of drug-likeness (QED) is 0.684. The lowest BCUT2D eigenvalue weighted by atomic mass is 10.0. The Labute approximate surface area is 113 Å². The van der Waals surface area contributed by atoms with Gasteiger partial charge in [0.05, 0.1) is 11.1 Å². The third-order valence-electron chi connectivity index (χ3n) is 2.81. The van der Waals surface area contributed by atoms with Crippen LogP contribution in [-0.4, -0.2) is 4.98 Å². The standard InChI is InChI=1S/C13H9BrClNO/c14-8-3-4-12-10(6-8)13(15)9-2-1-5-16-11(9)7-17-12/h1-6,13H,7H2. The molecule has 2 heterocycles. The van der Waals surface area contributed by atoms with E-state index in [1.165, 1.54) is 0 Å². The maximum atomic E-state index is 6.51. The zero-order valence-electron chi connectivity index (χ0n) is 8.86. The van der Waals surface area contributed by atoms with E-state index in [0.29, 0.717) is 6.61 Å². The number of alkyl halides is 1. The van der Waals surface area contributed by atoms with E-state index in [4.69, 9.17) is 16.3 Å². The van der Waals surface area contributed by atoms with Crippen molar-refractivity contribution in [3.8, 4) is 5.75 Å². The van der Waals surface area contributed by atoms with Crippen LogP contribution in [0.1, 0.15) is 22.2 Å². The number of hydrogen-bond acceptors (Lipinski definition) is 2. The topological polar surface area (TPSA) is 22.1 Å². The average molecular weight is 311 g/mol. The molecule has 1 aliphatic rings. The van der Waals surface area contributed by atoms with E-state index >= 15 is 0 Å². The molecule has 1 aromatic heterocycles. The molecule has 0 spiro atoms. The largest absolute Gasteiger partial charge is 0.487 e. The lowest BCUT2D eigenvalue weighted by Crippen LogP contribution is -1.99. The Balaban J connectivity index is 2.18. The van der Waals surface area contributed by atoms with Crippen LogP contribution in [0.4, 0.5) is 0 Å². The van der Waals surface area contributed by atoms with Gasteiger partial charge in [0.1, 0.15) is 12.4 Å². The number of rotatable bonds is 0. The molecule has 4 heteroatoms. The lowest BCUT2D eigenvalue weighted by molar-refractivity contribution is 0.302. The summed E-state index contributed by atoms with van der Waals surface area (Å²) < 4.78 is 6.73. The summed E-state index contributed by atoms with van der Waals surface area (Å²) in [6.07, 6.45) is 1.76. The molecule has 0 amide bonds. The van der Waals surface area contributed by atoms with Crippen LogP contribution in [0.25, 0.3) is 0 Å². The number of hydrogen-bond donors (Lipinski definition) is 0. The van der Waals surface area contributed by atoms with Crippen molar-refractivity contribution in [3.05, 3.63) is 57.8 Å². The Kier molecular flexibility index (Phi) is 2.81. The van der Waals surface area contributed by atoms with Gasteiger partial charge in [0.15, 0.2) is 0 Å². The summed E-state index contributed by atoms with van der Waals surface area (Å²) >= 11 is 9.97. The Morgan fingerprint density at radius 2 is 2.18 bits per heavy atom. The molecule has 1 unspecified atom stereocenters. The molecule has 0 aliphatic carbocycles. The van der Waals surface area contributed by atoms with Gasteiger partial charge < -0.3 is 4.74 Å². The van der Waals surface area contributed by atoms with Crippen molar-refractivity contribution in [1.82, 2.24) is 4.98 Å². The van der Waals surface area contributed by atoms with Gasteiger partial charge in [0.25, 0.3) is 0 Å². The molecule has 2 nitrogen and oxygen atoms in total. The summed E-state index contributed by atoms with van der Waals surface area (Å²) in [6, 6.07) is 9.78. The van der Waals surface area contributed by atoms with Gasteiger partial charge in [-0.1, -0.05) is 22.0 Å². The van der Waals surface area contributed by atoms with E-state index < -0.39 is 0 Å². The van der Waals surface area contributed by atoms with E-state index in [1.807, 2.05) is 30.3 Å². The number of pyridine rings is 1. The van der Waals surface area contributed by atoms with Crippen molar-refractivity contribution in [2.24, 2.45) is 0 Å². The van der Waals surface area contributed by atoms with E-state index in [1.54, 1.807) is 6.20 Å². The molecule has 3 rings (SSSR count). The van der Waals surface area contributed by atoms with E-state index in [9.17, 15) is 0 Å². The van der Waals surface area contributed by atoms with Crippen molar-refractivity contribution < 1.29 is 4.74 Å². The number of halogens is 2. The van der Waals surface area contributed by atoms with Crippen LogP contribution >= 0.6 is 27.5 Å². The molecule has 2 aromatic rings. The zero-order valence-corrected chi connectivity index (χ0v) is 11.2. The SMILES string of the molecule is ClC1c2cc(Br)ccc2OCc2ncccc21. The van der Waals surface area contributed by atoms with Crippen LogP contribution < -0.4 is 4.74 Å². The smallest absolute Gasteiger partial charge is 0.131 e. The Bertz CT molecular complexity index is 573. The number of ether oxygens (including phenoxy) is 1. The van der Waals surface area contributed by atoms with Crippen molar-refractivity contribution >= 4 is 27.5 Å². The van der Waals surface area contributed by atoms with Gasteiger partial charge in [-0.2, -0.15) is 0 Å². The first-order valence-corrected chi connectivity index (χ1v) is 6.49. The number of nitrogens with zero attached hydrogens (tertiary/aromatic N) is 1. The summed E-state index contributed by atoms with van der Waals surface area (Å²) in [5.41, 5.74) is 2.90. The third-order valence-corrected chi connectivity index (χ3v) is 3.77. The number of fused-ring (bicyclic) bond motifs is 2. The van der Waals surface area contributed by atoms with Crippen LogP contribution in [0.2, 0.25) is 0 Å². The summed E-state index contributed by atoms with van der Waals surface area (Å²) in [5, 5.41) is -0.214. The molecule has 0 N–H and O–H groups in total. The maximum absolute atomic E-state index is 6.51. The summed E-state index contributed by atoms with van der Waals surface area (Å²) in [7, 11) is 0. The van der Waals surface area contributed by atoms with Gasteiger partial charge in [0, 0.05) is 16.2 Å². The molecule has 0 saturated carbocycles. The van der Waals surface area contributed by atoms with Gasteiger partial charge >= 0.3 is 0 Å². The monoisotopic (exact) mass is 309 g/mol. The molecular formula is C13H9BrClNO. The van der Waals surface area contributed by atoms with Gasteiger partial charge in [-0.25, -0.2) is 0 Å². The van der Waals surface area contributed by atoms with Crippen molar-refractivity contribution in [2.45, 2.75) is 12.0 Å². The normalized spacial score (nSPS) is 17.6. The molecule has 0 bridgehead atoms. The molecule has 1 aliphatic heterocycles. The molecule has 1 aromatic carbocycles. The molecule has 0 saturated heterocycles. The Morgan fingerprint density at radius 1 is 1.29 bits per heavy atom. The first kappa shape index (κ1) is 11.1. The van der Waals surface area contributed by atoms with Gasteiger partial charge in [-0.3, -0.25) is 4.98 Å². The highest BCUT2D eigenvalue weighted by molar-refractivity contribution is 9.10. The second kappa shape index (κ2) is 4.31. The molecular weight excluding hydrogens is 302 g/mol. The molecule has 1 atom stereocenters. The second-order valence-electron chi connectivity index (χ2n) is 3.87. The maximum Gasteiger partial charge on any atom is 0.131 e. The van der Waals surface area contributed by atoms with Gasteiger partial charge in [0.2, 0.25) is 0 Å². The van der Waals surface area contributed by atoms with Crippen LogP contribution in [0.15, 0.2) is 41.0 Å². The van der Waals surface area contributed by atoms with Crippen LogP contribution in [0, 0.1) is 0 Å². The minimum absolute atomic E-state index is 0.214. The van der Waals surface area contributed by atoms with Crippen molar-refractivity contribution in [3.63, 3.8) is 0 Å². The minimum atomic E-state index is -0.214. The number of aromatic nitrogens is 1. The fourth-order valence-corrected chi connectivity index (χ4v) is 2.71. The molecule has 0 radical (unpaired) electrons.